The first-order valence-corrected chi connectivity index (χ1v) is 8.84. The van der Waals surface area contributed by atoms with Gasteiger partial charge in [0.25, 0.3) is 0 Å². The van der Waals surface area contributed by atoms with Gasteiger partial charge in [-0.15, -0.1) is 0 Å². The second-order valence-corrected chi connectivity index (χ2v) is 6.83. The van der Waals surface area contributed by atoms with Crippen molar-refractivity contribution in [2.24, 2.45) is 11.8 Å². The number of amides is 1. The molecule has 2 aromatic rings. The van der Waals surface area contributed by atoms with Crippen LogP contribution in [0.15, 0.2) is 55.0 Å². The van der Waals surface area contributed by atoms with E-state index in [4.69, 9.17) is 0 Å². The Morgan fingerprint density at radius 3 is 2.84 bits per heavy atom. The Kier molecular flexibility index (Phi) is 4.46. The van der Waals surface area contributed by atoms with E-state index >= 15 is 0 Å². The number of carbonyl (C=O) groups excluding carboxylic acids is 1. The fraction of sp³-hybridized carbons (Fsp3) is 0.350. The number of aromatic nitrogens is 2. The lowest BCUT2D eigenvalue weighted by atomic mass is 9.98. The Morgan fingerprint density at radius 1 is 1.16 bits per heavy atom. The van der Waals surface area contributed by atoms with Crippen LogP contribution in [0.5, 0.6) is 0 Å². The zero-order valence-corrected chi connectivity index (χ0v) is 14.1. The summed E-state index contributed by atoms with van der Waals surface area (Å²) in [6.07, 6.45) is 11.0. The van der Waals surface area contributed by atoms with E-state index in [1.807, 2.05) is 41.3 Å². The minimum Gasteiger partial charge on any atom is -0.366 e. The molecule has 128 valence electrons. The van der Waals surface area contributed by atoms with Crippen molar-refractivity contribution >= 4 is 17.8 Å². The molecule has 5 nitrogen and oxygen atoms in total. The van der Waals surface area contributed by atoms with Crippen molar-refractivity contribution in [3.63, 3.8) is 0 Å². The zero-order valence-electron chi connectivity index (χ0n) is 14.1. The van der Waals surface area contributed by atoms with Crippen molar-refractivity contribution < 1.29 is 4.79 Å². The van der Waals surface area contributed by atoms with Crippen LogP contribution in [-0.2, 0) is 4.79 Å². The van der Waals surface area contributed by atoms with Crippen LogP contribution in [0.4, 0.5) is 5.82 Å². The lowest BCUT2D eigenvalue weighted by Gasteiger charge is -2.21. The van der Waals surface area contributed by atoms with Crippen molar-refractivity contribution in [1.29, 1.82) is 0 Å². The van der Waals surface area contributed by atoms with Gasteiger partial charge in [0, 0.05) is 43.5 Å². The molecule has 1 aromatic carbocycles. The summed E-state index contributed by atoms with van der Waals surface area (Å²) in [5, 5.41) is 3.50. The normalized spacial score (nSPS) is 25.3. The highest BCUT2D eigenvalue weighted by molar-refractivity contribution is 5.92. The molecule has 5 heteroatoms. The molecule has 3 atom stereocenters. The van der Waals surface area contributed by atoms with Crippen LogP contribution in [0.3, 0.4) is 0 Å². The summed E-state index contributed by atoms with van der Waals surface area (Å²) in [7, 11) is 0. The van der Waals surface area contributed by atoms with Crippen LogP contribution >= 0.6 is 0 Å². The Morgan fingerprint density at radius 2 is 2.04 bits per heavy atom. The molecule has 1 aromatic heterocycles. The molecule has 4 rings (SSSR count). The van der Waals surface area contributed by atoms with E-state index in [0.717, 1.165) is 37.3 Å². The van der Waals surface area contributed by atoms with Crippen molar-refractivity contribution in [1.82, 2.24) is 14.9 Å². The minimum atomic E-state index is 0.108. The first kappa shape index (κ1) is 15.8. The van der Waals surface area contributed by atoms with Crippen LogP contribution < -0.4 is 5.32 Å². The first-order chi connectivity index (χ1) is 12.3. The number of rotatable bonds is 4. The molecule has 1 amide bonds. The highest BCUT2D eigenvalue weighted by Gasteiger charge is 2.43. The predicted molar refractivity (Wildman–Crippen MR) is 97.7 cm³/mol. The largest absolute Gasteiger partial charge is 0.366 e. The van der Waals surface area contributed by atoms with Gasteiger partial charge in [-0.2, -0.15) is 0 Å². The molecule has 1 aliphatic carbocycles. The predicted octanol–water partition coefficient (Wildman–Crippen LogP) is 2.84. The van der Waals surface area contributed by atoms with Crippen LogP contribution in [0.2, 0.25) is 0 Å². The van der Waals surface area contributed by atoms with Gasteiger partial charge in [0.2, 0.25) is 5.91 Å². The van der Waals surface area contributed by atoms with Gasteiger partial charge in [-0.25, -0.2) is 4.98 Å². The number of likely N-dealkylation sites (tertiary alicyclic amines) is 1. The second kappa shape index (κ2) is 7.05. The zero-order chi connectivity index (χ0) is 17.1. The van der Waals surface area contributed by atoms with Crippen molar-refractivity contribution in [3.8, 4) is 0 Å². The van der Waals surface area contributed by atoms with Crippen molar-refractivity contribution in [3.05, 3.63) is 60.6 Å². The van der Waals surface area contributed by atoms with Gasteiger partial charge in [-0.1, -0.05) is 30.3 Å². The summed E-state index contributed by atoms with van der Waals surface area (Å²) in [6.45, 7) is 1.68. The van der Waals surface area contributed by atoms with E-state index < -0.39 is 0 Å². The lowest BCUT2D eigenvalue weighted by Crippen LogP contribution is -2.32. The number of anilines is 1. The van der Waals surface area contributed by atoms with E-state index in [9.17, 15) is 4.79 Å². The first-order valence-electron chi connectivity index (χ1n) is 8.84. The van der Waals surface area contributed by atoms with Gasteiger partial charge in [0.05, 0.1) is 6.20 Å². The third-order valence-corrected chi connectivity index (χ3v) is 5.28. The SMILES string of the molecule is O=C(/C=C/c1ccccc1)N1C[C@H]2CC[C@@H](Nc3cnccn3)[C@H]2C1. The third kappa shape index (κ3) is 3.55. The molecule has 2 heterocycles. The van der Waals surface area contributed by atoms with Gasteiger partial charge in [0.15, 0.2) is 0 Å². The maximum atomic E-state index is 12.5. The standard InChI is InChI=1S/C20H22N4O/c25-20(9-6-15-4-2-1-3-5-15)24-13-16-7-8-18(17(16)14-24)23-19-12-21-10-11-22-19/h1-6,9-12,16-18H,7-8,13-14H2,(H,22,23)/b9-6+/t16-,17+,18-/m1/s1. The Hall–Kier alpha value is -2.69. The monoisotopic (exact) mass is 334 g/mol. The summed E-state index contributed by atoms with van der Waals surface area (Å²) in [6, 6.07) is 10.3. The molecule has 0 unspecified atom stereocenters. The molecule has 2 aliphatic rings. The summed E-state index contributed by atoms with van der Waals surface area (Å²) in [5.41, 5.74) is 1.05. The van der Waals surface area contributed by atoms with Gasteiger partial charge in [0.1, 0.15) is 5.82 Å². The molecule has 0 bridgehead atoms. The van der Waals surface area contributed by atoms with Crippen LogP contribution in [0.1, 0.15) is 18.4 Å². The van der Waals surface area contributed by atoms with Crippen LogP contribution in [-0.4, -0.2) is 39.9 Å². The van der Waals surface area contributed by atoms with E-state index in [2.05, 4.69) is 15.3 Å². The number of benzene rings is 1. The molecule has 0 spiro atoms. The quantitative estimate of drug-likeness (QED) is 0.874. The lowest BCUT2D eigenvalue weighted by molar-refractivity contribution is -0.125. The number of hydrogen-bond donors (Lipinski definition) is 1. The van der Waals surface area contributed by atoms with Crippen molar-refractivity contribution in [2.75, 3.05) is 18.4 Å². The number of carbonyl (C=O) groups is 1. The highest BCUT2D eigenvalue weighted by Crippen LogP contribution is 2.39. The fourth-order valence-corrected chi connectivity index (χ4v) is 4.03. The Labute approximate surface area is 147 Å². The van der Waals surface area contributed by atoms with Gasteiger partial charge >= 0.3 is 0 Å². The average Bonchev–Trinajstić information content (AvgIpc) is 3.24. The summed E-state index contributed by atoms with van der Waals surface area (Å²) < 4.78 is 0. The van der Waals surface area contributed by atoms with E-state index in [1.165, 1.54) is 0 Å². The maximum absolute atomic E-state index is 12.5. The molecule has 1 aliphatic heterocycles. The van der Waals surface area contributed by atoms with Crippen LogP contribution in [0.25, 0.3) is 6.08 Å². The highest BCUT2D eigenvalue weighted by atomic mass is 16.2. The summed E-state index contributed by atoms with van der Waals surface area (Å²) in [5.74, 6) is 2.01. The average molecular weight is 334 g/mol. The minimum absolute atomic E-state index is 0.108. The van der Waals surface area contributed by atoms with Crippen LogP contribution in [0, 0.1) is 11.8 Å². The number of nitrogens with one attached hydrogen (secondary N) is 1. The number of hydrogen-bond acceptors (Lipinski definition) is 4. The van der Waals surface area contributed by atoms with Crippen molar-refractivity contribution in [2.45, 2.75) is 18.9 Å². The molecule has 2 fully saturated rings. The molecule has 1 N–H and O–H groups in total. The molecular formula is C20H22N4O. The van der Waals surface area contributed by atoms with Gasteiger partial charge < -0.3 is 10.2 Å². The van der Waals surface area contributed by atoms with E-state index in [-0.39, 0.29) is 5.91 Å². The smallest absolute Gasteiger partial charge is 0.246 e. The number of nitrogens with zero attached hydrogens (tertiary/aromatic N) is 3. The van der Waals surface area contributed by atoms with E-state index in [0.29, 0.717) is 17.9 Å². The summed E-state index contributed by atoms with van der Waals surface area (Å²) >= 11 is 0. The number of fused-ring (bicyclic) bond motifs is 1. The molecule has 25 heavy (non-hydrogen) atoms. The van der Waals surface area contributed by atoms with Gasteiger partial charge in [-0.3, -0.25) is 9.78 Å². The van der Waals surface area contributed by atoms with Gasteiger partial charge in [-0.05, 0) is 30.4 Å². The third-order valence-electron chi connectivity index (χ3n) is 5.28. The Balaban J connectivity index is 1.37. The molecular weight excluding hydrogens is 312 g/mol. The summed E-state index contributed by atoms with van der Waals surface area (Å²) in [4.78, 5) is 22.9. The molecule has 1 saturated carbocycles. The van der Waals surface area contributed by atoms with E-state index in [1.54, 1.807) is 24.7 Å². The molecule has 0 radical (unpaired) electrons. The molecule has 1 saturated heterocycles. The Bertz CT molecular complexity index is 747. The topological polar surface area (TPSA) is 58.1 Å². The second-order valence-electron chi connectivity index (χ2n) is 6.83. The fourth-order valence-electron chi connectivity index (χ4n) is 4.03. The maximum Gasteiger partial charge on any atom is 0.246 e.